The van der Waals surface area contributed by atoms with E-state index in [-0.39, 0.29) is 11.9 Å². The molecule has 1 rings (SSSR count). The molecule has 0 aliphatic heterocycles. The average Bonchev–Trinajstić information content (AvgIpc) is 2.37. The molecule has 0 aromatic heterocycles. The van der Waals surface area contributed by atoms with E-state index in [4.69, 9.17) is 10.9 Å². The summed E-state index contributed by atoms with van der Waals surface area (Å²) >= 11 is 1.71. The minimum Gasteiger partial charge on any atom is -0.409 e. The van der Waals surface area contributed by atoms with Crippen molar-refractivity contribution in [1.29, 1.82) is 0 Å². The molecule has 17 heavy (non-hydrogen) atoms. The number of rotatable bonds is 6. The van der Waals surface area contributed by atoms with Gasteiger partial charge in [0.2, 0.25) is 0 Å². The molecular weight excluding hydrogens is 234 g/mol. The number of hydrogen-bond acceptors (Lipinski definition) is 4. The van der Waals surface area contributed by atoms with E-state index in [0.29, 0.717) is 6.42 Å². The van der Waals surface area contributed by atoms with Gasteiger partial charge in [0.25, 0.3) is 0 Å². The van der Waals surface area contributed by atoms with Gasteiger partial charge in [-0.25, -0.2) is 0 Å². The third-order valence-electron chi connectivity index (χ3n) is 2.52. The van der Waals surface area contributed by atoms with Gasteiger partial charge in [-0.15, -0.1) is 11.8 Å². The summed E-state index contributed by atoms with van der Waals surface area (Å²) in [5.74, 6) is 0.255. The molecule has 0 fully saturated rings. The van der Waals surface area contributed by atoms with Crippen molar-refractivity contribution < 1.29 is 5.21 Å². The van der Waals surface area contributed by atoms with Crippen molar-refractivity contribution in [3.63, 3.8) is 0 Å². The molecule has 4 N–H and O–H groups in total. The maximum Gasteiger partial charge on any atom is 0.141 e. The Kier molecular flexibility index (Phi) is 5.69. The summed E-state index contributed by atoms with van der Waals surface area (Å²) in [5.41, 5.74) is 6.58. The van der Waals surface area contributed by atoms with Crippen molar-refractivity contribution >= 4 is 23.3 Å². The molecule has 0 saturated heterocycles. The first kappa shape index (κ1) is 13.7. The number of oxime groups is 1. The maximum absolute atomic E-state index is 8.56. The first-order valence-electron chi connectivity index (χ1n) is 5.56. The van der Waals surface area contributed by atoms with Crippen molar-refractivity contribution in [2.75, 3.05) is 11.6 Å². The van der Waals surface area contributed by atoms with Crippen LogP contribution in [0.2, 0.25) is 0 Å². The molecule has 0 aliphatic rings. The van der Waals surface area contributed by atoms with Crippen LogP contribution < -0.4 is 11.1 Å². The zero-order chi connectivity index (χ0) is 12.7. The topological polar surface area (TPSA) is 70.6 Å². The van der Waals surface area contributed by atoms with E-state index >= 15 is 0 Å². The zero-order valence-corrected chi connectivity index (χ0v) is 11.0. The number of hydrogen-bond donors (Lipinski definition) is 3. The van der Waals surface area contributed by atoms with Gasteiger partial charge in [-0.1, -0.05) is 18.1 Å². The Labute approximate surface area is 106 Å². The molecule has 1 aromatic rings. The summed E-state index contributed by atoms with van der Waals surface area (Å²) in [6, 6.07) is 8.39. The van der Waals surface area contributed by atoms with E-state index in [1.165, 1.54) is 4.90 Å². The molecule has 1 aromatic carbocycles. The van der Waals surface area contributed by atoms with E-state index in [2.05, 4.69) is 29.5 Å². The van der Waals surface area contributed by atoms with Gasteiger partial charge in [-0.05, 0) is 30.9 Å². The predicted octanol–water partition coefficient (Wildman–Crippen LogP) is 2.74. The fourth-order valence-corrected chi connectivity index (χ4v) is 2.00. The number of benzene rings is 1. The quantitative estimate of drug-likeness (QED) is 0.240. The molecule has 0 spiro atoms. The van der Waals surface area contributed by atoms with Crippen LogP contribution in [0.3, 0.4) is 0 Å². The molecule has 1 atom stereocenters. The van der Waals surface area contributed by atoms with Gasteiger partial charge < -0.3 is 16.3 Å². The van der Waals surface area contributed by atoms with Crippen LogP contribution in [0.25, 0.3) is 0 Å². The fourth-order valence-electron chi connectivity index (χ4n) is 1.54. The van der Waals surface area contributed by atoms with E-state index in [1.807, 2.05) is 18.4 Å². The van der Waals surface area contributed by atoms with Gasteiger partial charge in [-0.3, -0.25) is 0 Å². The fraction of sp³-hybridized carbons (Fsp3) is 0.417. The molecular formula is C12H19N3OS. The van der Waals surface area contributed by atoms with Gasteiger partial charge in [0, 0.05) is 23.0 Å². The second kappa shape index (κ2) is 7.06. The highest BCUT2D eigenvalue weighted by Crippen LogP contribution is 2.20. The van der Waals surface area contributed by atoms with Crippen LogP contribution in [0, 0.1) is 0 Å². The Morgan fingerprint density at radius 2 is 2.35 bits per heavy atom. The first-order chi connectivity index (χ1) is 8.19. The highest BCUT2D eigenvalue weighted by atomic mass is 32.2. The van der Waals surface area contributed by atoms with Crippen molar-refractivity contribution in [1.82, 2.24) is 0 Å². The number of nitrogens with two attached hydrogens (primary N) is 1. The lowest BCUT2D eigenvalue weighted by atomic mass is 10.1. The molecule has 0 saturated carbocycles. The summed E-state index contributed by atoms with van der Waals surface area (Å²) in [6.45, 7) is 2.07. The van der Waals surface area contributed by atoms with Gasteiger partial charge in [-0.2, -0.15) is 0 Å². The van der Waals surface area contributed by atoms with Crippen LogP contribution in [0.5, 0.6) is 0 Å². The minimum atomic E-state index is 0.183. The Bertz CT molecular complexity index is 382. The van der Waals surface area contributed by atoms with Gasteiger partial charge in [0.05, 0.1) is 0 Å². The van der Waals surface area contributed by atoms with Crippen molar-refractivity contribution in [2.24, 2.45) is 10.9 Å². The van der Waals surface area contributed by atoms with Crippen LogP contribution in [-0.4, -0.2) is 23.3 Å². The predicted molar refractivity (Wildman–Crippen MR) is 74.0 cm³/mol. The molecule has 0 bridgehead atoms. The van der Waals surface area contributed by atoms with Crippen LogP contribution in [0.15, 0.2) is 34.3 Å². The van der Waals surface area contributed by atoms with Gasteiger partial charge in [0.15, 0.2) is 0 Å². The zero-order valence-electron chi connectivity index (χ0n) is 10.2. The number of anilines is 1. The van der Waals surface area contributed by atoms with Crippen LogP contribution in [0.4, 0.5) is 5.69 Å². The molecule has 5 heteroatoms. The first-order valence-corrected chi connectivity index (χ1v) is 6.79. The summed E-state index contributed by atoms with van der Waals surface area (Å²) in [6.07, 6.45) is 3.50. The van der Waals surface area contributed by atoms with Crippen LogP contribution >= 0.6 is 11.8 Å². The lowest BCUT2D eigenvalue weighted by molar-refractivity contribution is 0.316. The third kappa shape index (κ3) is 4.56. The number of nitrogens with zero attached hydrogens (tertiary/aromatic N) is 1. The van der Waals surface area contributed by atoms with E-state index < -0.39 is 0 Å². The lowest BCUT2D eigenvalue weighted by Crippen LogP contribution is -2.26. The third-order valence-corrected chi connectivity index (χ3v) is 3.24. The van der Waals surface area contributed by atoms with E-state index in [1.54, 1.807) is 11.8 Å². The van der Waals surface area contributed by atoms with E-state index in [0.717, 1.165) is 12.1 Å². The normalized spacial score (nSPS) is 13.4. The Balaban J connectivity index is 2.66. The summed E-state index contributed by atoms with van der Waals surface area (Å²) < 4.78 is 0. The molecule has 94 valence electrons. The lowest BCUT2D eigenvalue weighted by Gasteiger charge is -2.17. The van der Waals surface area contributed by atoms with Crippen molar-refractivity contribution in [2.45, 2.75) is 30.7 Å². The standard InChI is InChI=1S/C12H19N3OS/c1-3-9(8-12(13)15-16)14-10-5-4-6-11(7-10)17-2/h4-7,9,14,16H,3,8H2,1-2H3,(H2,13,15). The Morgan fingerprint density at radius 3 is 2.94 bits per heavy atom. The number of amidine groups is 1. The van der Waals surface area contributed by atoms with Crippen LogP contribution in [-0.2, 0) is 0 Å². The molecule has 0 heterocycles. The molecule has 4 nitrogen and oxygen atoms in total. The highest BCUT2D eigenvalue weighted by molar-refractivity contribution is 7.98. The van der Waals surface area contributed by atoms with Crippen molar-refractivity contribution in [3.8, 4) is 0 Å². The van der Waals surface area contributed by atoms with E-state index in [9.17, 15) is 0 Å². The largest absolute Gasteiger partial charge is 0.409 e. The van der Waals surface area contributed by atoms with Crippen molar-refractivity contribution in [3.05, 3.63) is 24.3 Å². The summed E-state index contributed by atoms with van der Waals surface area (Å²) in [4.78, 5) is 1.22. The second-order valence-electron chi connectivity index (χ2n) is 3.78. The van der Waals surface area contributed by atoms with Gasteiger partial charge in [0.1, 0.15) is 5.84 Å². The molecule has 1 unspecified atom stereocenters. The smallest absolute Gasteiger partial charge is 0.141 e. The van der Waals surface area contributed by atoms with Crippen LogP contribution in [0.1, 0.15) is 19.8 Å². The summed E-state index contributed by atoms with van der Waals surface area (Å²) in [7, 11) is 0. The average molecular weight is 253 g/mol. The Hall–Kier alpha value is -1.36. The minimum absolute atomic E-state index is 0.183. The monoisotopic (exact) mass is 253 g/mol. The Morgan fingerprint density at radius 1 is 1.59 bits per heavy atom. The molecule has 0 amide bonds. The number of thioether (sulfide) groups is 1. The maximum atomic E-state index is 8.56. The molecule has 0 radical (unpaired) electrons. The highest BCUT2D eigenvalue weighted by Gasteiger charge is 2.08. The second-order valence-corrected chi connectivity index (χ2v) is 4.66. The van der Waals surface area contributed by atoms with Gasteiger partial charge >= 0.3 is 0 Å². The molecule has 0 aliphatic carbocycles. The number of nitrogens with one attached hydrogen (secondary N) is 1. The summed E-state index contributed by atoms with van der Waals surface area (Å²) in [5, 5.41) is 14.9. The SMILES string of the molecule is CCC(C/C(N)=N/O)Nc1cccc(SC)c1.